The summed E-state index contributed by atoms with van der Waals surface area (Å²) >= 11 is 0. The highest BCUT2D eigenvalue weighted by Gasteiger charge is 2.07. The number of oxazole rings is 1. The number of methoxy groups -OCH3 is 1. The zero-order valence-corrected chi connectivity index (χ0v) is 10.4. The molecule has 5 heteroatoms. The van der Waals surface area contributed by atoms with Crippen molar-refractivity contribution in [3.8, 4) is 5.75 Å². The number of ether oxygens (including phenoxy) is 1. The first-order chi connectivity index (χ1) is 8.72. The Labute approximate surface area is 105 Å². The largest absolute Gasteiger partial charge is 0.496 e. The molecule has 2 aromatic rings. The third kappa shape index (κ3) is 2.80. The van der Waals surface area contributed by atoms with Crippen LogP contribution in [0.5, 0.6) is 5.75 Å². The molecule has 0 radical (unpaired) electrons. The Morgan fingerprint density at radius 3 is 2.89 bits per heavy atom. The Hall–Kier alpha value is -2.04. The van der Waals surface area contributed by atoms with Gasteiger partial charge in [-0.05, 0) is 36.6 Å². The Morgan fingerprint density at radius 2 is 2.22 bits per heavy atom. The number of hydrogen-bond acceptors (Lipinski definition) is 4. The lowest BCUT2D eigenvalue weighted by molar-refractivity contribution is 0.408. The van der Waals surface area contributed by atoms with Crippen molar-refractivity contribution in [3.05, 3.63) is 41.5 Å². The van der Waals surface area contributed by atoms with Gasteiger partial charge in [0.15, 0.2) is 0 Å². The van der Waals surface area contributed by atoms with Crippen LogP contribution in [0.3, 0.4) is 0 Å². The van der Waals surface area contributed by atoms with E-state index in [4.69, 9.17) is 9.15 Å². The number of rotatable bonds is 5. The molecule has 0 saturated carbocycles. The van der Waals surface area contributed by atoms with Crippen molar-refractivity contribution in [2.24, 2.45) is 0 Å². The molecule has 0 unspecified atom stereocenters. The molecule has 1 aromatic heterocycles. The fourth-order valence-corrected chi connectivity index (χ4v) is 1.74. The van der Waals surface area contributed by atoms with E-state index < -0.39 is 0 Å². The molecule has 18 heavy (non-hydrogen) atoms. The van der Waals surface area contributed by atoms with E-state index in [1.807, 2.05) is 0 Å². The van der Waals surface area contributed by atoms with Crippen molar-refractivity contribution in [2.45, 2.75) is 12.8 Å². The lowest BCUT2D eigenvalue weighted by Gasteiger charge is -2.07. The van der Waals surface area contributed by atoms with Crippen molar-refractivity contribution < 1.29 is 13.5 Å². The lowest BCUT2D eigenvalue weighted by Crippen LogP contribution is -1.97. The molecule has 0 amide bonds. The van der Waals surface area contributed by atoms with E-state index in [1.165, 1.54) is 12.1 Å². The number of hydrogen-bond donors (Lipinski definition) is 1. The predicted molar refractivity (Wildman–Crippen MR) is 66.4 cm³/mol. The van der Waals surface area contributed by atoms with Gasteiger partial charge >= 0.3 is 0 Å². The first-order valence-corrected chi connectivity index (χ1v) is 5.67. The van der Waals surface area contributed by atoms with Crippen LogP contribution < -0.4 is 10.1 Å². The Morgan fingerprint density at radius 1 is 1.39 bits per heavy atom. The Kier molecular flexibility index (Phi) is 3.82. The maximum Gasteiger partial charge on any atom is 0.294 e. The monoisotopic (exact) mass is 250 g/mol. The summed E-state index contributed by atoms with van der Waals surface area (Å²) in [4.78, 5) is 4.21. The topological polar surface area (TPSA) is 47.3 Å². The summed E-state index contributed by atoms with van der Waals surface area (Å²) in [5, 5.41) is 2.81. The molecule has 0 spiro atoms. The minimum atomic E-state index is -0.262. The van der Waals surface area contributed by atoms with Gasteiger partial charge in [0.05, 0.1) is 12.8 Å². The van der Waals surface area contributed by atoms with Crippen LogP contribution in [-0.2, 0) is 12.8 Å². The van der Waals surface area contributed by atoms with E-state index in [9.17, 15) is 4.39 Å². The quantitative estimate of drug-likeness (QED) is 0.886. The fourth-order valence-electron chi connectivity index (χ4n) is 1.74. The van der Waals surface area contributed by atoms with Crippen LogP contribution in [0.4, 0.5) is 10.4 Å². The molecule has 0 aliphatic carbocycles. The summed E-state index contributed by atoms with van der Waals surface area (Å²) in [6.07, 6.45) is 2.92. The van der Waals surface area contributed by atoms with Crippen molar-refractivity contribution in [2.75, 3.05) is 19.5 Å². The smallest absolute Gasteiger partial charge is 0.294 e. The number of aromatic nitrogens is 1. The summed E-state index contributed by atoms with van der Waals surface area (Å²) in [7, 11) is 3.32. The molecule has 0 fully saturated rings. The third-order valence-corrected chi connectivity index (χ3v) is 2.66. The molecule has 0 aliphatic heterocycles. The highest BCUT2D eigenvalue weighted by Crippen LogP contribution is 2.21. The van der Waals surface area contributed by atoms with E-state index >= 15 is 0 Å². The third-order valence-electron chi connectivity index (χ3n) is 2.66. The van der Waals surface area contributed by atoms with E-state index in [0.717, 1.165) is 11.3 Å². The first kappa shape index (κ1) is 12.4. The molecule has 1 aromatic carbocycles. The number of nitrogens with one attached hydrogen (secondary N) is 1. The van der Waals surface area contributed by atoms with E-state index in [-0.39, 0.29) is 5.82 Å². The zero-order chi connectivity index (χ0) is 13.0. The van der Waals surface area contributed by atoms with Gasteiger partial charge in [-0.15, -0.1) is 0 Å². The van der Waals surface area contributed by atoms with Crippen LogP contribution >= 0.6 is 0 Å². The van der Waals surface area contributed by atoms with Crippen molar-refractivity contribution in [1.29, 1.82) is 0 Å². The summed E-state index contributed by atoms with van der Waals surface area (Å²) < 4.78 is 23.5. The first-order valence-electron chi connectivity index (χ1n) is 5.67. The van der Waals surface area contributed by atoms with E-state index in [0.29, 0.717) is 24.6 Å². The second-order valence-corrected chi connectivity index (χ2v) is 3.85. The van der Waals surface area contributed by atoms with Gasteiger partial charge in [0.25, 0.3) is 6.01 Å². The molecule has 1 heterocycles. The SMILES string of the molecule is CNc1nc(CCc2cc(F)ccc2OC)co1. The molecule has 0 bridgehead atoms. The number of aryl methyl sites for hydroxylation is 2. The Balaban J connectivity index is 2.07. The molecule has 4 nitrogen and oxygen atoms in total. The summed E-state index contributed by atoms with van der Waals surface area (Å²) in [5.41, 5.74) is 1.65. The average molecular weight is 250 g/mol. The van der Waals surface area contributed by atoms with Crippen LogP contribution in [0.1, 0.15) is 11.3 Å². The summed E-state index contributed by atoms with van der Waals surface area (Å²) in [6.45, 7) is 0. The normalized spacial score (nSPS) is 10.4. The molecule has 96 valence electrons. The molecule has 2 rings (SSSR count). The molecule has 0 aliphatic rings. The zero-order valence-electron chi connectivity index (χ0n) is 10.4. The minimum Gasteiger partial charge on any atom is -0.496 e. The van der Waals surface area contributed by atoms with Gasteiger partial charge < -0.3 is 14.5 Å². The molecular formula is C13H15FN2O2. The average Bonchev–Trinajstić information content (AvgIpc) is 2.84. The van der Waals surface area contributed by atoms with Crippen molar-refractivity contribution in [3.63, 3.8) is 0 Å². The molecule has 0 atom stereocenters. The van der Waals surface area contributed by atoms with Crippen LogP contribution in [0, 0.1) is 5.82 Å². The standard InChI is InChI=1S/C13H15FN2O2/c1-15-13-16-11(8-18-13)5-3-9-7-10(14)4-6-12(9)17-2/h4,6-8H,3,5H2,1-2H3,(H,15,16). The van der Waals surface area contributed by atoms with Crippen molar-refractivity contribution >= 4 is 6.01 Å². The number of benzene rings is 1. The van der Waals surface area contributed by atoms with Gasteiger partial charge in [-0.2, -0.15) is 4.98 Å². The maximum atomic E-state index is 13.2. The predicted octanol–water partition coefficient (Wildman–Crippen LogP) is 2.65. The number of halogens is 1. The number of nitrogens with zero attached hydrogens (tertiary/aromatic N) is 1. The highest BCUT2D eigenvalue weighted by molar-refractivity contribution is 5.34. The Bertz CT molecular complexity index is 525. The van der Waals surface area contributed by atoms with Crippen LogP contribution in [0.25, 0.3) is 0 Å². The summed E-state index contributed by atoms with van der Waals surface area (Å²) in [5.74, 6) is 0.426. The van der Waals surface area contributed by atoms with Crippen molar-refractivity contribution in [1.82, 2.24) is 4.98 Å². The highest BCUT2D eigenvalue weighted by atomic mass is 19.1. The van der Waals surface area contributed by atoms with Gasteiger partial charge in [0.2, 0.25) is 0 Å². The summed E-state index contributed by atoms with van der Waals surface area (Å²) in [6, 6.07) is 4.98. The molecule has 0 saturated heterocycles. The second-order valence-electron chi connectivity index (χ2n) is 3.85. The van der Waals surface area contributed by atoms with Gasteiger partial charge in [-0.1, -0.05) is 0 Å². The second kappa shape index (κ2) is 5.53. The van der Waals surface area contributed by atoms with Crippen LogP contribution in [0.2, 0.25) is 0 Å². The fraction of sp³-hybridized carbons (Fsp3) is 0.308. The van der Waals surface area contributed by atoms with Gasteiger partial charge in [-0.25, -0.2) is 4.39 Å². The van der Waals surface area contributed by atoms with E-state index in [2.05, 4.69) is 10.3 Å². The van der Waals surface area contributed by atoms with Gasteiger partial charge in [0.1, 0.15) is 17.8 Å². The van der Waals surface area contributed by atoms with E-state index in [1.54, 1.807) is 26.5 Å². The van der Waals surface area contributed by atoms with Gasteiger partial charge in [0, 0.05) is 7.05 Å². The maximum absolute atomic E-state index is 13.2. The lowest BCUT2D eigenvalue weighted by atomic mass is 10.1. The number of anilines is 1. The molecule has 1 N–H and O–H groups in total. The van der Waals surface area contributed by atoms with Crippen LogP contribution in [0.15, 0.2) is 28.9 Å². The molecular weight excluding hydrogens is 235 g/mol. The minimum absolute atomic E-state index is 0.262. The van der Waals surface area contributed by atoms with Crippen LogP contribution in [-0.4, -0.2) is 19.1 Å². The van der Waals surface area contributed by atoms with Gasteiger partial charge in [-0.3, -0.25) is 0 Å².